The Bertz CT molecular complexity index is 1070. The third kappa shape index (κ3) is 3.81. The Kier molecular flexibility index (Phi) is 5.80. The Morgan fingerprint density at radius 1 is 0.935 bits per heavy atom. The van der Waals surface area contributed by atoms with Crippen LogP contribution in [0.2, 0.25) is 0 Å². The van der Waals surface area contributed by atoms with Gasteiger partial charge in [-0.3, -0.25) is 4.79 Å². The lowest BCUT2D eigenvalue weighted by Crippen LogP contribution is -2.40. The number of fused-ring (bicyclic) bond motifs is 1. The summed E-state index contributed by atoms with van der Waals surface area (Å²) in [5, 5.41) is 0. The minimum absolute atomic E-state index is 0.164. The molecular weight excluding hydrogens is 397 g/mol. The fourth-order valence-electron chi connectivity index (χ4n) is 4.16. The molecule has 4 rings (SSSR count). The minimum Gasteiger partial charge on any atom is -0.493 e. The summed E-state index contributed by atoms with van der Waals surface area (Å²) in [4.78, 5) is 15.5. The van der Waals surface area contributed by atoms with Crippen LogP contribution in [0.3, 0.4) is 0 Å². The smallest absolute Gasteiger partial charge is 0.254 e. The predicted molar refractivity (Wildman–Crippen MR) is 116 cm³/mol. The van der Waals surface area contributed by atoms with Gasteiger partial charge in [-0.15, -0.1) is 0 Å². The second-order valence-corrected chi connectivity index (χ2v) is 7.32. The quantitative estimate of drug-likeness (QED) is 0.602. The van der Waals surface area contributed by atoms with Gasteiger partial charge in [0, 0.05) is 12.1 Å². The lowest BCUT2D eigenvalue weighted by Gasteiger charge is -2.38. The van der Waals surface area contributed by atoms with Crippen molar-refractivity contribution in [1.29, 1.82) is 0 Å². The van der Waals surface area contributed by atoms with Crippen molar-refractivity contribution in [3.05, 3.63) is 88.7 Å². The standard InChI is InChI=1S/C25H24FNO4/c1-29-21-14-18(15-22(30-2)24(21)31-3)25(28)27-13-12-16-6-4-5-7-20(16)23(27)17-8-10-19(26)11-9-17/h4-11,14-15,23H,12-13H2,1-3H3/t23-/m1/s1. The Morgan fingerprint density at radius 3 is 2.19 bits per heavy atom. The van der Waals surface area contributed by atoms with Gasteiger partial charge in [0.05, 0.1) is 27.4 Å². The molecular formula is C25H24FNO4. The van der Waals surface area contributed by atoms with E-state index in [4.69, 9.17) is 14.2 Å². The van der Waals surface area contributed by atoms with Gasteiger partial charge in [0.2, 0.25) is 5.75 Å². The van der Waals surface area contributed by atoms with Crippen LogP contribution in [0.1, 0.15) is 33.1 Å². The molecule has 0 aliphatic carbocycles. The van der Waals surface area contributed by atoms with Gasteiger partial charge in [-0.25, -0.2) is 4.39 Å². The van der Waals surface area contributed by atoms with Crippen molar-refractivity contribution in [2.45, 2.75) is 12.5 Å². The molecule has 5 nitrogen and oxygen atoms in total. The van der Waals surface area contributed by atoms with E-state index >= 15 is 0 Å². The van der Waals surface area contributed by atoms with Gasteiger partial charge >= 0.3 is 0 Å². The summed E-state index contributed by atoms with van der Waals surface area (Å²) in [6, 6.07) is 17.4. The van der Waals surface area contributed by atoms with Crippen LogP contribution in [0.25, 0.3) is 0 Å². The average Bonchev–Trinajstić information content (AvgIpc) is 2.82. The second kappa shape index (κ2) is 8.68. The molecule has 1 heterocycles. The average molecular weight is 421 g/mol. The number of carbonyl (C=O) groups is 1. The maximum atomic E-state index is 13.7. The summed E-state index contributed by atoms with van der Waals surface area (Å²) in [6.45, 7) is 0.536. The minimum atomic E-state index is -0.322. The van der Waals surface area contributed by atoms with Crippen LogP contribution in [-0.4, -0.2) is 38.7 Å². The van der Waals surface area contributed by atoms with Crippen LogP contribution in [0.4, 0.5) is 4.39 Å². The Hall–Kier alpha value is -3.54. The molecule has 3 aromatic carbocycles. The third-order valence-corrected chi connectivity index (χ3v) is 5.64. The summed E-state index contributed by atoms with van der Waals surface area (Å²) in [7, 11) is 4.56. The molecule has 0 fully saturated rings. The van der Waals surface area contributed by atoms with E-state index in [-0.39, 0.29) is 17.8 Å². The fourth-order valence-corrected chi connectivity index (χ4v) is 4.16. The number of halogens is 1. The number of rotatable bonds is 5. The summed E-state index contributed by atoms with van der Waals surface area (Å²) < 4.78 is 29.8. The predicted octanol–water partition coefficient (Wildman–Crippen LogP) is 4.64. The number of methoxy groups -OCH3 is 3. The highest BCUT2D eigenvalue weighted by Crippen LogP contribution is 2.40. The maximum absolute atomic E-state index is 13.7. The molecule has 0 saturated heterocycles. The van der Waals surface area contributed by atoms with Crippen molar-refractivity contribution in [3.8, 4) is 17.2 Å². The SMILES string of the molecule is COc1cc(C(=O)N2CCc3ccccc3[C@H]2c2ccc(F)cc2)cc(OC)c1OC. The van der Waals surface area contributed by atoms with Crippen molar-refractivity contribution < 1.29 is 23.4 Å². The van der Waals surface area contributed by atoms with Gasteiger partial charge in [0.25, 0.3) is 5.91 Å². The highest BCUT2D eigenvalue weighted by Gasteiger charge is 2.33. The molecule has 0 spiro atoms. The van der Waals surface area contributed by atoms with E-state index in [0.29, 0.717) is 29.4 Å². The van der Waals surface area contributed by atoms with Crippen molar-refractivity contribution in [2.24, 2.45) is 0 Å². The van der Waals surface area contributed by atoms with Crippen LogP contribution >= 0.6 is 0 Å². The van der Waals surface area contributed by atoms with Gasteiger partial charge in [0.1, 0.15) is 5.82 Å². The molecule has 0 radical (unpaired) electrons. The number of benzene rings is 3. The monoisotopic (exact) mass is 421 g/mol. The number of ether oxygens (including phenoxy) is 3. The Morgan fingerprint density at radius 2 is 1.58 bits per heavy atom. The fraction of sp³-hybridized carbons (Fsp3) is 0.240. The lowest BCUT2D eigenvalue weighted by atomic mass is 9.87. The highest BCUT2D eigenvalue weighted by molar-refractivity contribution is 5.96. The van der Waals surface area contributed by atoms with E-state index in [1.165, 1.54) is 39.0 Å². The van der Waals surface area contributed by atoms with E-state index < -0.39 is 0 Å². The number of hydrogen-bond donors (Lipinski definition) is 0. The van der Waals surface area contributed by atoms with E-state index in [0.717, 1.165) is 17.5 Å². The Balaban J connectivity index is 1.80. The first-order valence-corrected chi connectivity index (χ1v) is 10.0. The number of amides is 1. The Labute approximate surface area is 181 Å². The van der Waals surface area contributed by atoms with Gasteiger partial charge in [-0.2, -0.15) is 0 Å². The molecule has 6 heteroatoms. The van der Waals surface area contributed by atoms with E-state index in [1.54, 1.807) is 24.3 Å². The van der Waals surface area contributed by atoms with Crippen LogP contribution in [0.5, 0.6) is 17.2 Å². The number of nitrogens with zero attached hydrogens (tertiary/aromatic N) is 1. The zero-order valence-corrected chi connectivity index (χ0v) is 17.7. The van der Waals surface area contributed by atoms with Crippen molar-refractivity contribution in [1.82, 2.24) is 4.90 Å². The van der Waals surface area contributed by atoms with Gasteiger partial charge < -0.3 is 19.1 Å². The van der Waals surface area contributed by atoms with Crippen LogP contribution in [0, 0.1) is 5.82 Å². The third-order valence-electron chi connectivity index (χ3n) is 5.64. The van der Waals surface area contributed by atoms with Gasteiger partial charge in [-0.05, 0) is 47.4 Å². The van der Waals surface area contributed by atoms with Crippen LogP contribution in [-0.2, 0) is 6.42 Å². The molecule has 0 aromatic heterocycles. The van der Waals surface area contributed by atoms with Gasteiger partial charge in [0.15, 0.2) is 11.5 Å². The molecule has 1 aliphatic rings. The van der Waals surface area contributed by atoms with E-state index in [9.17, 15) is 9.18 Å². The maximum Gasteiger partial charge on any atom is 0.254 e. The molecule has 160 valence electrons. The topological polar surface area (TPSA) is 48.0 Å². The molecule has 31 heavy (non-hydrogen) atoms. The highest BCUT2D eigenvalue weighted by atomic mass is 19.1. The number of carbonyl (C=O) groups excluding carboxylic acids is 1. The van der Waals surface area contributed by atoms with Crippen molar-refractivity contribution in [3.63, 3.8) is 0 Å². The second-order valence-electron chi connectivity index (χ2n) is 7.32. The molecule has 0 unspecified atom stereocenters. The van der Waals surface area contributed by atoms with Gasteiger partial charge in [-0.1, -0.05) is 36.4 Å². The molecule has 0 N–H and O–H groups in total. The van der Waals surface area contributed by atoms with Crippen molar-refractivity contribution >= 4 is 5.91 Å². The molecule has 1 atom stereocenters. The zero-order chi connectivity index (χ0) is 22.0. The molecule has 0 bridgehead atoms. The first kappa shape index (κ1) is 20.7. The van der Waals surface area contributed by atoms with E-state index in [1.807, 2.05) is 23.1 Å². The summed E-state index contributed by atoms with van der Waals surface area (Å²) >= 11 is 0. The van der Waals surface area contributed by atoms with Crippen LogP contribution < -0.4 is 14.2 Å². The zero-order valence-electron chi connectivity index (χ0n) is 17.7. The summed E-state index contributed by atoms with van der Waals surface area (Å²) in [5.74, 6) is 0.793. The van der Waals surface area contributed by atoms with Crippen molar-refractivity contribution in [2.75, 3.05) is 27.9 Å². The largest absolute Gasteiger partial charge is 0.493 e. The molecule has 1 aliphatic heterocycles. The number of hydrogen-bond acceptors (Lipinski definition) is 4. The van der Waals surface area contributed by atoms with Crippen LogP contribution in [0.15, 0.2) is 60.7 Å². The molecule has 0 saturated carbocycles. The first-order chi connectivity index (χ1) is 15.1. The lowest BCUT2D eigenvalue weighted by molar-refractivity contribution is 0.0693. The summed E-state index contributed by atoms with van der Waals surface area (Å²) in [6.07, 6.45) is 0.740. The molecule has 3 aromatic rings. The summed E-state index contributed by atoms with van der Waals surface area (Å²) in [5.41, 5.74) is 3.52. The molecule has 1 amide bonds. The van der Waals surface area contributed by atoms with E-state index in [2.05, 4.69) is 6.07 Å². The first-order valence-electron chi connectivity index (χ1n) is 10.0. The normalized spacial score (nSPS) is 15.2.